The molecule has 3 heterocycles. The molecule has 45 heavy (non-hydrogen) atoms. The molecule has 0 atom stereocenters. The maximum atomic E-state index is 5.37. The normalized spacial score (nSPS) is 12.0. The molecule has 208 valence electrons. The van der Waals surface area contributed by atoms with Gasteiger partial charge in [-0.1, -0.05) is 109 Å². The summed E-state index contributed by atoms with van der Waals surface area (Å²) in [7, 11) is 0. The molecule has 0 aliphatic carbocycles. The summed E-state index contributed by atoms with van der Waals surface area (Å²) in [5.41, 5.74) is 11.1. The summed E-state index contributed by atoms with van der Waals surface area (Å²) < 4.78 is 2.26. The Morgan fingerprint density at radius 2 is 1.02 bits per heavy atom. The lowest BCUT2D eigenvalue weighted by Crippen LogP contribution is -1.92. The van der Waals surface area contributed by atoms with Crippen molar-refractivity contribution in [2.75, 3.05) is 0 Å². The lowest BCUT2D eigenvalue weighted by Gasteiger charge is -2.15. The van der Waals surface area contributed by atoms with E-state index in [4.69, 9.17) is 9.97 Å². The Kier molecular flexibility index (Phi) is 5.00. The lowest BCUT2D eigenvalue weighted by molar-refractivity contribution is 1.30. The fourth-order valence-electron chi connectivity index (χ4n) is 7.22. The molecule has 0 N–H and O–H groups in total. The summed E-state index contributed by atoms with van der Waals surface area (Å²) in [6, 6.07) is 54.5. The Morgan fingerprint density at radius 3 is 1.80 bits per heavy atom. The van der Waals surface area contributed by atoms with Crippen LogP contribution < -0.4 is 0 Å². The third-order valence-corrected chi connectivity index (χ3v) is 9.32. The van der Waals surface area contributed by atoms with Crippen LogP contribution in [0.5, 0.6) is 0 Å². The molecule has 0 fully saturated rings. The molecule has 0 radical (unpaired) electrons. The number of pyridine rings is 2. The molecule has 7 aromatic carbocycles. The summed E-state index contributed by atoms with van der Waals surface area (Å²) >= 11 is 0. The maximum absolute atomic E-state index is 5.37. The van der Waals surface area contributed by atoms with E-state index >= 15 is 0 Å². The first-order valence-electron chi connectivity index (χ1n) is 15.3. The summed E-state index contributed by atoms with van der Waals surface area (Å²) in [5, 5.41) is 8.28. The van der Waals surface area contributed by atoms with E-state index < -0.39 is 0 Å². The van der Waals surface area contributed by atoms with E-state index in [0.717, 1.165) is 33.2 Å². The third-order valence-electron chi connectivity index (χ3n) is 9.32. The Bertz CT molecular complexity index is 2730. The van der Waals surface area contributed by atoms with E-state index in [2.05, 4.69) is 150 Å². The average molecular weight is 572 g/mol. The van der Waals surface area contributed by atoms with Crippen molar-refractivity contribution in [1.29, 1.82) is 0 Å². The molecular formula is C42H25N3. The SMILES string of the molecule is c1cc(-c2ccc3c(ccc4nc5ccccc5n43)c2)cc(-c2c3ccc4ccccc4c3nc3c2ccc2ccccc23)c1. The van der Waals surface area contributed by atoms with Crippen LogP contribution in [0.3, 0.4) is 0 Å². The van der Waals surface area contributed by atoms with Crippen LogP contribution in [0.1, 0.15) is 0 Å². The second-order valence-electron chi connectivity index (χ2n) is 11.8. The van der Waals surface area contributed by atoms with Crippen molar-refractivity contribution in [3.05, 3.63) is 152 Å². The number of hydrogen-bond donors (Lipinski definition) is 0. The quantitative estimate of drug-likeness (QED) is 0.153. The zero-order valence-electron chi connectivity index (χ0n) is 24.3. The maximum Gasteiger partial charge on any atom is 0.138 e. The molecule has 0 amide bonds. The smallest absolute Gasteiger partial charge is 0.138 e. The van der Waals surface area contributed by atoms with E-state index in [9.17, 15) is 0 Å². The molecule has 0 spiro atoms. The number of fused-ring (bicyclic) bond motifs is 11. The summed E-state index contributed by atoms with van der Waals surface area (Å²) in [6.45, 7) is 0. The van der Waals surface area contributed by atoms with Gasteiger partial charge in [-0.25, -0.2) is 9.97 Å². The van der Waals surface area contributed by atoms with Crippen molar-refractivity contribution in [3.63, 3.8) is 0 Å². The van der Waals surface area contributed by atoms with Gasteiger partial charge in [0.15, 0.2) is 0 Å². The molecule has 10 rings (SSSR count). The Labute approximate surface area is 258 Å². The predicted molar refractivity (Wildman–Crippen MR) is 189 cm³/mol. The van der Waals surface area contributed by atoms with Crippen LogP contribution in [0.4, 0.5) is 0 Å². The highest BCUT2D eigenvalue weighted by Crippen LogP contribution is 2.41. The zero-order chi connectivity index (χ0) is 29.5. The van der Waals surface area contributed by atoms with Gasteiger partial charge in [0.05, 0.1) is 27.6 Å². The van der Waals surface area contributed by atoms with Crippen LogP contribution in [0.25, 0.3) is 93.2 Å². The molecule has 0 unspecified atom stereocenters. The van der Waals surface area contributed by atoms with Gasteiger partial charge in [-0.3, -0.25) is 4.40 Å². The molecule has 0 saturated heterocycles. The monoisotopic (exact) mass is 571 g/mol. The molecule has 3 aromatic heterocycles. The van der Waals surface area contributed by atoms with Gasteiger partial charge in [0, 0.05) is 27.1 Å². The number of aromatic nitrogens is 3. The minimum Gasteiger partial charge on any atom is -0.292 e. The Balaban J connectivity index is 1.22. The minimum absolute atomic E-state index is 0.968. The molecule has 10 aromatic rings. The van der Waals surface area contributed by atoms with E-state index in [0.29, 0.717) is 0 Å². The topological polar surface area (TPSA) is 30.2 Å². The van der Waals surface area contributed by atoms with Gasteiger partial charge in [0.1, 0.15) is 5.65 Å². The van der Waals surface area contributed by atoms with Gasteiger partial charge in [0.25, 0.3) is 0 Å². The van der Waals surface area contributed by atoms with Crippen molar-refractivity contribution >= 4 is 70.9 Å². The lowest BCUT2D eigenvalue weighted by atomic mass is 9.91. The highest BCUT2D eigenvalue weighted by molar-refractivity contribution is 6.21. The molecule has 0 aliphatic rings. The first-order chi connectivity index (χ1) is 22.3. The zero-order valence-corrected chi connectivity index (χ0v) is 24.3. The van der Waals surface area contributed by atoms with Crippen LogP contribution in [0.2, 0.25) is 0 Å². The van der Waals surface area contributed by atoms with Crippen molar-refractivity contribution < 1.29 is 0 Å². The van der Waals surface area contributed by atoms with Crippen LogP contribution in [-0.4, -0.2) is 14.4 Å². The predicted octanol–water partition coefficient (Wildman–Crippen LogP) is 11.0. The number of imidazole rings is 1. The number of rotatable bonds is 2. The summed E-state index contributed by atoms with van der Waals surface area (Å²) in [6.07, 6.45) is 0. The second kappa shape index (κ2) is 9.22. The summed E-state index contributed by atoms with van der Waals surface area (Å²) in [4.78, 5) is 10.2. The molecular weight excluding hydrogens is 546 g/mol. The fourth-order valence-corrected chi connectivity index (χ4v) is 7.22. The molecule has 3 nitrogen and oxygen atoms in total. The number of hydrogen-bond acceptors (Lipinski definition) is 2. The first-order valence-corrected chi connectivity index (χ1v) is 15.3. The molecule has 3 heteroatoms. The van der Waals surface area contributed by atoms with Crippen molar-refractivity contribution in [2.24, 2.45) is 0 Å². The van der Waals surface area contributed by atoms with Gasteiger partial charge in [0.2, 0.25) is 0 Å². The van der Waals surface area contributed by atoms with E-state index in [1.807, 2.05) is 6.07 Å². The Hall–Kier alpha value is -6.06. The second-order valence-corrected chi connectivity index (χ2v) is 11.8. The fraction of sp³-hybridized carbons (Fsp3) is 0. The third kappa shape index (κ3) is 3.58. The van der Waals surface area contributed by atoms with Gasteiger partial charge in [-0.15, -0.1) is 0 Å². The van der Waals surface area contributed by atoms with E-state index in [1.165, 1.54) is 60.0 Å². The molecule has 0 aliphatic heterocycles. The van der Waals surface area contributed by atoms with E-state index in [1.54, 1.807) is 0 Å². The molecule has 0 saturated carbocycles. The van der Waals surface area contributed by atoms with Gasteiger partial charge < -0.3 is 0 Å². The van der Waals surface area contributed by atoms with Crippen LogP contribution >= 0.6 is 0 Å². The highest BCUT2D eigenvalue weighted by atomic mass is 15.0. The highest BCUT2D eigenvalue weighted by Gasteiger charge is 2.16. The van der Waals surface area contributed by atoms with Crippen LogP contribution in [0.15, 0.2) is 152 Å². The van der Waals surface area contributed by atoms with Crippen molar-refractivity contribution in [3.8, 4) is 22.3 Å². The van der Waals surface area contributed by atoms with Gasteiger partial charge >= 0.3 is 0 Å². The average Bonchev–Trinajstić information content (AvgIpc) is 3.49. The van der Waals surface area contributed by atoms with Crippen LogP contribution in [0, 0.1) is 0 Å². The van der Waals surface area contributed by atoms with Crippen molar-refractivity contribution in [1.82, 2.24) is 14.4 Å². The number of benzene rings is 7. The van der Waals surface area contributed by atoms with Gasteiger partial charge in [-0.05, 0) is 75.3 Å². The van der Waals surface area contributed by atoms with Crippen molar-refractivity contribution in [2.45, 2.75) is 0 Å². The Morgan fingerprint density at radius 1 is 0.378 bits per heavy atom. The summed E-state index contributed by atoms with van der Waals surface area (Å²) in [5.74, 6) is 0. The van der Waals surface area contributed by atoms with Gasteiger partial charge in [-0.2, -0.15) is 0 Å². The minimum atomic E-state index is 0.968. The standard InChI is InChI=1S/C42H25N3/c1-3-12-32-26(8-1)16-20-34-40(35-21-17-27-9-2-4-13-33(27)42(35)44-41(32)34)31-11-7-10-28(25-31)29-18-22-37-30(24-29)19-23-39-43-36-14-5-6-15-38(36)45(37)39/h1-25H. The van der Waals surface area contributed by atoms with Crippen LogP contribution in [-0.2, 0) is 0 Å². The number of nitrogens with zero attached hydrogens (tertiary/aromatic N) is 3. The first kappa shape index (κ1) is 24.4. The van der Waals surface area contributed by atoms with E-state index in [-0.39, 0.29) is 0 Å². The largest absolute Gasteiger partial charge is 0.292 e. The molecule has 0 bridgehead atoms. The number of para-hydroxylation sites is 2.